The molecule has 0 saturated heterocycles. The highest BCUT2D eigenvalue weighted by atomic mass is 16.6. The van der Waals surface area contributed by atoms with E-state index < -0.39 is 33.0 Å². The van der Waals surface area contributed by atoms with Gasteiger partial charge in [0.25, 0.3) is 5.69 Å². The van der Waals surface area contributed by atoms with Crippen molar-refractivity contribution in [3.05, 3.63) is 38.4 Å². The summed E-state index contributed by atoms with van der Waals surface area (Å²) in [5.41, 5.74) is 1.34. The minimum Gasteiger partial charge on any atom is -0.481 e. The minimum absolute atomic E-state index is 0.00883. The van der Waals surface area contributed by atoms with E-state index in [0.717, 1.165) is 31.7 Å². The Labute approximate surface area is 245 Å². The van der Waals surface area contributed by atoms with Gasteiger partial charge < -0.3 is 10.2 Å². The quantitative estimate of drug-likeness (QED) is 0.159. The van der Waals surface area contributed by atoms with Gasteiger partial charge >= 0.3 is 11.7 Å². The fourth-order valence-corrected chi connectivity index (χ4v) is 8.65. The molecular formula is C30H42N4O8. The number of hydrogen-bond acceptors (Lipinski definition) is 9. The summed E-state index contributed by atoms with van der Waals surface area (Å²) in [6, 6.07) is 3.34. The second-order valence-electron chi connectivity index (χ2n) is 13.1. The predicted molar refractivity (Wildman–Crippen MR) is 156 cm³/mol. The number of nitrogens with one attached hydrogen (secondary N) is 1. The molecule has 3 N–H and O–H groups in total. The predicted octanol–water partition coefficient (Wildman–Crippen LogP) is 5.97. The molecule has 4 rings (SSSR count). The van der Waals surface area contributed by atoms with Crippen LogP contribution in [-0.4, -0.2) is 44.1 Å². The Kier molecular flexibility index (Phi) is 9.34. The first kappa shape index (κ1) is 31.5. The van der Waals surface area contributed by atoms with E-state index in [4.69, 9.17) is 0 Å². The standard InChI is InChI=1S/C30H42N4O8/c1-18(4-9-28(37)38)22-6-7-23-21(12-15-31-32-25-8-5-19(33(39)40)16-26(25)34(41)42)24(11-14-29(22,23)2)30(3)13-10-20(35)17-27(30)36/h5,8,15-16,18,20-24,32,35H,4,6-7,9-14,17H2,1-3H3,(H,37,38)/t18-,20+,21?,22-,23?,24?,29-,30-/m1/s1. The lowest BCUT2D eigenvalue weighted by Crippen LogP contribution is -2.51. The van der Waals surface area contributed by atoms with E-state index >= 15 is 0 Å². The number of benzene rings is 1. The summed E-state index contributed by atoms with van der Waals surface area (Å²) >= 11 is 0. The third-order valence-corrected chi connectivity index (χ3v) is 10.9. The van der Waals surface area contributed by atoms with Crippen molar-refractivity contribution >= 4 is 35.0 Å². The van der Waals surface area contributed by atoms with Crippen LogP contribution in [0.25, 0.3) is 0 Å². The van der Waals surface area contributed by atoms with Gasteiger partial charge in [-0.1, -0.05) is 20.8 Å². The molecule has 3 unspecified atom stereocenters. The molecule has 42 heavy (non-hydrogen) atoms. The molecule has 0 amide bonds. The van der Waals surface area contributed by atoms with Gasteiger partial charge in [0.05, 0.1) is 22.0 Å². The van der Waals surface area contributed by atoms with Crippen molar-refractivity contribution in [2.75, 3.05) is 5.43 Å². The molecule has 0 aromatic heterocycles. The van der Waals surface area contributed by atoms with Gasteiger partial charge in [-0.05, 0) is 92.4 Å². The molecule has 1 aromatic rings. The van der Waals surface area contributed by atoms with Crippen LogP contribution in [0.3, 0.4) is 0 Å². The van der Waals surface area contributed by atoms with E-state index in [9.17, 15) is 40.0 Å². The molecule has 0 heterocycles. The van der Waals surface area contributed by atoms with E-state index in [-0.39, 0.29) is 53.2 Å². The number of hydrazone groups is 1. The van der Waals surface area contributed by atoms with Crippen molar-refractivity contribution in [1.29, 1.82) is 0 Å². The van der Waals surface area contributed by atoms with Crippen LogP contribution in [0.2, 0.25) is 0 Å². The van der Waals surface area contributed by atoms with Crippen LogP contribution in [0.15, 0.2) is 23.3 Å². The lowest BCUT2D eigenvalue weighted by molar-refractivity contribution is -0.393. The Bertz CT molecular complexity index is 1250. The fourth-order valence-electron chi connectivity index (χ4n) is 8.65. The second-order valence-corrected chi connectivity index (χ2v) is 13.1. The molecule has 0 aliphatic heterocycles. The topological polar surface area (TPSA) is 185 Å². The highest BCUT2D eigenvalue weighted by molar-refractivity contribution is 5.86. The first-order chi connectivity index (χ1) is 19.8. The number of non-ortho nitro benzene ring substituents is 1. The largest absolute Gasteiger partial charge is 0.481 e. The Balaban J connectivity index is 1.59. The van der Waals surface area contributed by atoms with Crippen LogP contribution in [-0.2, 0) is 9.59 Å². The second kappa shape index (κ2) is 12.4. The van der Waals surface area contributed by atoms with Gasteiger partial charge in [-0.25, -0.2) is 0 Å². The molecule has 8 atom stereocenters. The molecule has 12 nitrogen and oxygen atoms in total. The molecule has 3 aliphatic carbocycles. The molecule has 12 heteroatoms. The number of aliphatic carboxylic acids is 1. The van der Waals surface area contributed by atoms with Gasteiger partial charge in [-0.15, -0.1) is 0 Å². The number of carboxylic acids is 1. The third-order valence-electron chi connectivity index (χ3n) is 10.9. The average Bonchev–Trinajstić information content (AvgIpc) is 3.29. The van der Waals surface area contributed by atoms with E-state index in [1.54, 1.807) is 6.21 Å². The third kappa shape index (κ3) is 6.18. The number of anilines is 1. The Morgan fingerprint density at radius 1 is 1.14 bits per heavy atom. The normalized spacial score (nSPS) is 33.7. The van der Waals surface area contributed by atoms with E-state index in [1.165, 1.54) is 12.1 Å². The number of ketones is 1. The molecule has 0 bridgehead atoms. The molecule has 230 valence electrons. The summed E-state index contributed by atoms with van der Waals surface area (Å²) in [7, 11) is 0. The van der Waals surface area contributed by atoms with Crippen molar-refractivity contribution in [1.82, 2.24) is 0 Å². The smallest absolute Gasteiger partial charge is 0.303 e. The Morgan fingerprint density at radius 3 is 2.52 bits per heavy atom. The van der Waals surface area contributed by atoms with Gasteiger partial charge in [-0.2, -0.15) is 5.10 Å². The maximum atomic E-state index is 13.4. The van der Waals surface area contributed by atoms with E-state index in [0.29, 0.717) is 37.5 Å². The van der Waals surface area contributed by atoms with Crippen LogP contribution < -0.4 is 5.43 Å². The number of fused-ring (bicyclic) bond motifs is 1. The molecule has 0 spiro atoms. The maximum Gasteiger partial charge on any atom is 0.303 e. The molecule has 3 fully saturated rings. The molecule has 3 aliphatic rings. The average molecular weight is 587 g/mol. The molecule has 1 aromatic carbocycles. The molecule has 0 radical (unpaired) electrons. The molecule has 3 saturated carbocycles. The Hall–Kier alpha value is -3.41. The minimum atomic E-state index is -0.786. The van der Waals surface area contributed by atoms with Crippen LogP contribution in [0.1, 0.15) is 85.0 Å². The Morgan fingerprint density at radius 2 is 1.88 bits per heavy atom. The van der Waals surface area contributed by atoms with Gasteiger partial charge in [0, 0.05) is 30.5 Å². The number of aliphatic hydroxyl groups excluding tert-OH is 1. The highest BCUT2D eigenvalue weighted by Crippen LogP contribution is 2.64. The summed E-state index contributed by atoms with van der Waals surface area (Å²) in [5.74, 6) is 0.441. The summed E-state index contributed by atoms with van der Waals surface area (Å²) in [6.45, 7) is 6.51. The van der Waals surface area contributed by atoms with Crippen molar-refractivity contribution in [3.63, 3.8) is 0 Å². The lowest BCUT2D eigenvalue weighted by atomic mass is 9.49. The first-order valence-corrected chi connectivity index (χ1v) is 14.9. The zero-order valence-corrected chi connectivity index (χ0v) is 24.5. The number of rotatable bonds is 11. The maximum absolute atomic E-state index is 13.4. The monoisotopic (exact) mass is 586 g/mol. The number of hydrogen-bond donors (Lipinski definition) is 3. The van der Waals surface area contributed by atoms with Gasteiger partial charge in [0.1, 0.15) is 11.5 Å². The molecular weight excluding hydrogens is 544 g/mol. The van der Waals surface area contributed by atoms with Gasteiger partial charge in [0.15, 0.2) is 0 Å². The number of carboxylic acid groups (broad SMARTS) is 1. The number of carbonyl (C=O) groups is 2. The van der Waals surface area contributed by atoms with Crippen LogP contribution in [0, 0.1) is 60.6 Å². The number of carbonyl (C=O) groups excluding carboxylic acids is 1. The van der Waals surface area contributed by atoms with Crippen LogP contribution >= 0.6 is 0 Å². The van der Waals surface area contributed by atoms with Gasteiger partial charge in [-0.3, -0.25) is 35.2 Å². The summed E-state index contributed by atoms with van der Waals surface area (Å²) in [6.07, 6.45) is 7.56. The summed E-state index contributed by atoms with van der Waals surface area (Å²) < 4.78 is 0. The SMILES string of the molecule is C[C@H](CCC(=O)O)[C@H]1CCC2C(CC=NNc3ccc([N+](=O)[O-])cc3[N+](=O)[O-])C([C@@]3(C)CC[C@H](O)CC3=O)CC[C@@]21C. The first-order valence-electron chi connectivity index (χ1n) is 14.9. The van der Waals surface area contributed by atoms with E-state index in [1.807, 2.05) is 6.92 Å². The summed E-state index contributed by atoms with van der Waals surface area (Å²) in [4.78, 5) is 45.8. The van der Waals surface area contributed by atoms with Crippen LogP contribution in [0.5, 0.6) is 0 Å². The number of nitrogens with zero attached hydrogens (tertiary/aromatic N) is 3. The summed E-state index contributed by atoms with van der Waals surface area (Å²) in [5, 5.41) is 46.3. The van der Waals surface area contributed by atoms with Crippen molar-refractivity contribution < 1.29 is 29.6 Å². The number of nitro groups is 2. The lowest BCUT2D eigenvalue weighted by Gasteiger charge is -2.55. The van der Waals surface area contributed by atoms with Crippen molar-refractivity contribution in [3.8, 4) is 0 Å². The zero-order chi connectivity index (χ0) is 30.8. The van der Waals surface area contributed by atoms with E-state index in [2.05, 4.69) is 24.4 Å². The number of aliphatic hydroxyl groups is 1. The van der Waals surface area contributed by atoms with Crippen molar-refractivity contribution in [2.45, 2.75) is 91.1 Å². The highest BCUT2D eigenvalue weighted by Gasteiger charge is 2.58. The number of nitro benzene ring substituents is 2. The van der Waals surface area contributed by atoms with Crippen molar-refractivity contribution in [2.24, 2.45) is 45.5 Å². The number of Topliss-reactive ketones (excluding diaryl/α,β-unsaturated/α-hetero) is 1. The van der Waals surface area contributed by atoms with Crippen LogP contribution in [0.4, 0.5) is 17.1 Å². The fraction of sp³-hybridized carbons (Fsp3) is 0.700. The van der Waals surface area contributed by atoms with Gasteiger partial charge in [0.2, 0.25) is 0 Å². The zero-order valence-electron chi connectivity index (χ0n) is 24.5.